The smallest absolute Gasteiger partial charge is 0.198 e. The van der Waals surface area contributed by atoms with E-state index in [0.717, 1.165) is 106 Å². The van der Waals surface area contributed by atoms with Crippen LogP contribution in [0.1, 0.15) is 5.56 Å². The van der Waals surface area contributed by atoms with Gasteiger partial charge in [0.05, 0.1) is 5.69 Å². The molecule has 1 N–H and O–H groups in total. The van der Waals surface area contributed by atoms with Gasteiger partial charge in [-0.25, -0.2) is 0 Å². The molecule has 0 aliphatic carbocycles. The van der Waals surface area contributed by atoms with Crippen molar-refractivity contribution in [1.29, 1.82) is 0 Å². The Morgan fingerprint density at radius 3 is 1.60 bits per heavy atom. The Labute approximate surface area is 421 Å². The molecular formula is C67H47BN3O. The standard InChI is InChI=1S/C67H47BN3O/c1-45-41-50(47-21-9-3-10-22-47)34-40-62(45)71-63-43-55(70(53-25-13-5-14-26-53)54-27-15-6-16-28-54)37-39-60(63)68-65-58(44-59-57-29-17-18-30-64(57)72-67(59)66(65)71)56-38-33-51(48-23-11-4-12-24-48)42-61(56)69-52-35-31-49(32-36-52)46-19-7-2-8-20-46/h2-44,69H,1H3. The molecule has 0 atom stereocenters. The largest absolute Gasteiger partial charge is 0.454 e. The van der Waals surface area contributed by atoms with E-state index in [1.54, 1.807) is 0 Å². The molecule has 1 radical (unpaired) electrons. The SMILES string of the molecule is Cc1cc(-c2ccccc2)ccc1N1c2cc(N(c3ccccc3)c3ccccc3)ccc2[B]c2c(-c3ccc(-c4ccccc4)cc3Nc3ccc(-c4ccccc4)cc3)cc3c(oc4ccccc43)c21. The van der Waals surface area contributed by atoms with Gasteiger partial charge in [-0.15, -0.1) is 0 Å². The monoisotopic (exact) mass is 920 g/mol. The fraction of sp³-hybridized carbons (Fsp3) is 0.0149. The molecule has 1 aliphatic heterocycles. The van der Waals surface area contributed by atoms with Crippen LogP contribution in [0.15, 0.2) is 265 Å². The lowest BCUT2D eigenvalue weighted by molar-refractivity contribution is 0.669. The van der Waals surface area contributed by atoms with Crippen LogP contribution < -0.4 is 26.0 Å². The molecule has 0 spiro atoms. The number of rotatable bonds is 10. The first-order valence-electron chi connectivity index (χ1n) is 24.6. The maximum atomic E-state index is 7.12. The van der Waals surface area contributed by atoms with Crippen LogP contribution in [-0.4, -0.2) is 7.28 Å². The lowest BCUT2D eigenvalue weighted by atomic mass is 9.58. The number of anilines is 8. The topological polar surface area (TPSA) is 31.6 Å². The van der Waals surface area contributed by atoms with E-state index in [4.69, 9.17) is 4.42 Å². The Morgan fingerprint density at radius 1 is 0.417 bits per heavy atom. The fourth-order valence-electron chi connectivity index (χ4n) is 10.5. The number of hydrogen-bond donors (Lipinski definition) is 1. The van der Waals surface area contributed by atoms with Crippen LogP contribution >= 0.6 is 0 Å². The zero-order chi connectivity index (χ0) is 48.0. The van der Waals surface area contributed by atoms with Crippen LogP contribution in [0.3, 0.4) is 0 Å². The minimum Gasteiger partial charge on any atom is -0.454 e. The van der Waals surface area contributed by atoms with Crippen LogP contribution in [0, 0.1) is 6.92 Å². The molecule has 5 heteroatoms. The number of fused-ring (bicyclic) bond motifs is 6. The van der Waals surface area contributed by atoms with Crippen molar-refractivity contribution >= 4 is 85.6 Å². The molecule has 0 bridgehead atoms. The number of nitrogens with one attached hydrogen (secondary N) is 1. The van der Waals surface area contributed by atoms with Gasteiger partial charge in [0.2, 0.25) is 0 Å². The van der Waals surface area contributed by atoms with Gasteiger partial charge in [-0.3, -0.25) is 0 Å². The zero-order valence-electron chi connectivity index (χ0n) is 39.7. The number of hydrogen-bond acceptors (Lipinski definition) is 4. The Hall–Kier alpha value is -9.32. The van der Waals surface area contributed by atoms with Crippen LogP contribution in [-0.2, 0) is 0 Å². The van der Waals surface area contributed by atoms with Crippen molar-refractivity contribution < 1.29 is 4.42 Å². The first kappa shape index (κ1) is 42.8. The van der Waals surface area contributed by atoms with E-state index >= 15 is 0 Å². The molecule has 1 aromatic heterocycles. The molecule has 0 fully saturated rings. The van der Waals surface area contributed by atoms with Gasteiger partial charge < -0.3 is 19.5 Å². The fourth-order valence-corrected chi connectivity index (χ4v) is 10.5. The van der Waals surface area contributed by atoms with Crippen molar-refractivity contribution in [2.24, 2.45) is 0 Å². The van der Waals surface area contributed by atoms with E-state index in [2.05, 4.69) is 290 Å². The van der Waals surface area contributed by atoms with Gasteiger partial charge in [-0.2, -0.15) is 0 Å². The summed E-state index contributed by atoms with van der Waals surface area (Å²) in [5, 5.41) is 6.05. The predicted molar refractivity (Wildman–Crippen MR) is 304 cm³/mol. The number of furan rings is 1. The van der Waals surface area contributed by atoms with Crippen LogP contribution in [0.25, 0.3) is 66.4 Å². The lowest BCUT2D eigenvalue weighted by Crippen LogP contribution is -2.41. The number of nitrogens with zero attached hydrogens (tertiary/aromatic N) is 2. The summed E-state index contributed by atoms with van der Waals surface area (Å²) >= 11 is 0. The number of benzene rings is 11. The van der Waals surface area contributed by atoms with E-state index in [9.17, 15) is 0 Å². The van der Waals surface area contributed by atoms with Crippen molar-refractivity contribution in [2.75, 3.05) is 15.1 Å². The first-order valence-corrected chi connectivity index (χ1v) is 24.6. The van der Waals surface area contributed by atoms with Gasteiger partial charge in [0, 0.05) is 56.1 Å². The molecule has 339 valence electrons. The van der Waals surface area contributed by atoms with Crippen molar-refractivity contribution in [3.05, 3.63) is 266 Å². The summed E-state index contributed by atoms with van der Waals surface area (Å²) in [6, 6.07) is 93.2. The number of para-hydroxylation sites is 3. The summed E-state index contributed by atoms with van der Waals surface area (Å²) in [4.78, 5) is 4.81. The summed E-state index contributed by atoms with van der Waals surface area (Å²) in [6.07, 6.45) is 0. The van der Waals surface area contributed by atoms with Gasteiger partial charge in [-0.1, -0.05) is 187 Å². The highest BCUT2D eigenvalue weighted by Gasteiger charge is 2.34. The van der Waals surface area contributed by atoms with Crippen molar-refractivity contribution in [3.63, 3.8) is 0 Å². The minimum atomic E-state index is 0.837. The van der Waals surface area contributed by atoms with Crippen molar-refractivity contribution in [2.45, 2.75) is 6.92 Å². The summed E-state index contributed by atoms with van der Waals surface area (Å²) in [6.45, 7) is 2.23. The maximum absolute atomic E-state index is 7.12. The summed E-state index contributed by atoms with van der Waals surface area (Å²) in [5.41, 5.74) is 22.5. The van der Waals surface area contributed by atoms with Gasteiger partial charge in [0.25, 0.3) is 0 Å². The number of aryl methyl sites for hydroxylation is 1. The Morgan fingerprint density at radius 2 is 0.958 bits per heavy atom. The van der Waals surface area contributed by atoms with Gasteiger partial charge >= 0.3 is 0 Å². The molecule has 13 rings (SSSR count). The van der Waals surface area contributed by atoms with Gasteiger partial charge in [0.15, 0.2) is 12.9 Å². The molecule has 12 aromatic rings. The maximum Gasteiger partial charge on any atom is 0.198 e. The van der Waals surface area contributed by atoms with E-state index < -0.39 is 0 Å². The van der Waals surface area contributed by atoms with E-state index in [1.807, 2.05) is 0 Å². The summed E-state index contributed by atoms with van der Waals surface area (Å²) in [7, 11) is 2.37. The third-order valence-corrected chi connectivity index (χ3v) is 14.0. The Bertz CT molecular complexity index is 3880. The average molecular weight is 921 g/mol. The van der Waals surface area contributed by atoms with Crippen LogP contribution in [0.5, 0.6) is 0 Å². The quantitative estimate of drug-likeness (QED) is 0.139. The summed E-state index contributed by atoms with van der Waals surface area (Å²) in [5.74, 6) is 0. The second-order valence-corrected chi connectivity index (χ2v) is 18.5. The average Bonchev–Trinajstić information content (AvgIpc) is 3.82. The Balaban J connectivity index is 1.06. The molecule has 0 saturated carbocycles. The van der Waals surface area contributed by atoms with Crippen LogP contribution in [0.4, 0.5) is 45.5 Å². The molecule has 2 heterocycles. The zero-order valence-corrected chi connectivity index (χ0v) is 39.7. The third-order valence-electron chi connectivity index (χ3n) is 14.0. The summed E-state index contributed by atoms with van der Waals surface area (Å²) < 4.78 is 7.12. The molecule has 0 unspecified atom stereocenters. The molecule has 1 aliphatic rings. The second-order valence-electron chi connectivity index (χ2n) is 18.5. The minimum absolute atomic E-state index is 0.837. The van der Waals surface area contributed by atoms with Gasteiger partial charge in [0.1, 0.15) is 5.58 Å². The normalized spacial score (nSPS) is 11.8. The highest BCUT2D eigenvalue weighted by molar-refractivity contribution is 6.74. The molecule has 72 heavy (non-hydrogen) atoms. The molecular weight excluding hydrogens is 874 g/mol. The highest BCUT2D eigenvalue weighted by Crippen LogP contribution is 2.48. The molecule has 4 nitrogen and oxygen atoms in total. The van der Waals surface area contributed by atoms with Crippen molar-refractivity contribution in [1.82, 2.24) is 0 Å². The first-order chi connectivity index (χ1) is 35.6. The third kappa shape index (κ3) is 7.78. The predicted octanol–water partition coefficient (Wildman–Crippen LogP) is 17.2. The molecule has 0 saturated heterocycles. The van der Waals surface area contributed by atoms with Gasteiger partial charge in [-0.05, 0) is 136 Å². The van der Waals surface area contributed by atoms with E-state index in [1.165, 1.54) is 22.3 Å². The second kappa shape index (κ2) is 18.2. The van der Waals surface area contributed by atoms with E-state index in [-0.39, 0.29) is 0 Å². The molecule has 11 aromatic carbocycles. The van der Waals surface area contributed by atoms with E-state index in [0.29, 0.717) is 0 Å². The Kier molecular flexibility index (Phi) is 10.8. The van der Waals surface area contributed by atoms with Crippen molar-refractivity contribution in [3.8, 4) is 44.5 Å². The lowest BCUT2D eigenvalue weighted by Gasteiger charge is -2.37. The molecule has 0 amide bonds. The van der Waals surface area contributed by atoms with Crippen LogP contribution in [0.2, 0.25) is 0 Å². The highest BCUT2D eigenvalue weighted by atomic mass is 16.3.